The maximum Gasteiger partial charge on any atom is 0.291 e. The van der Waals surface area contributed by atoms with Crippen LogP contribution in [0.25, 0.3) is 5.69 Å². The van der Waals surface area contributed by atoms with Crippen molar-refractivity contribution in [3.8, 4) is 5.69 Å². The van der Waals surface area contributed by atoms with Gasteiger partial charge in [0.25, 0.3) is 5.56 Å². The Labute approximate surface area is 155 Å². The van der Waals surface area contributed by atoms with E-state index in [0.717, 1.165) is 4.68 Å². The van der Waals surface area contributed by atoms with E-state index in [9.17, 15) is 9.90 Å². The zero-order valence-corrected chi connectivity index (χ0v) is 15.7. The third-order valence-corrected chi connectivity index (χ3v) is 4.62. The molecule has 2 rings (SSSR count). The van der Waals surface area contributed by atoms with Crippen molar-refractivity contribution < 1.29 is 5.11 Å². The molecule has 8 heteroatoms. The molecule has 0 aliphatic carbocycles. The number of aliphatic hydroxyl groups is 1. The molecule has 0 bridgehead atoms. The summed E-state index contributed by atoms with van der Waals surface area (Å²) in [6, 6.07) is 4.98. The van der Waals surface area contributed by atoms with Gasteiger partial charge in [0, 0.05) is 6.54 Å². The molecule has 2 N–H and O–H groups in total. The molecule has 130 valence electrons. The summed E-state index contributed by atoms with van der Waals surface area (Å²) in [7, 11) is 0. The van der Waals surface area contributed by atoms with E-state index in [4.69, 9.17) is 34.8 Å². The van der Waals surface area contributed by atoms with Crippen LogP contribution in [0, 0.1) is 5.41 Å². The van der Waals surface area contributed by atoms with Crippen molar-refractivity contribution in [3.05, 3.63) is 49.8 Å². The van der Waals surface area contributed by atoms with Crippen molar-refractivity contribution >= 4 is 40.5 Å². The van der Waals surface area contributed by atoms with Crippen LogP contribution in [-0.4, -0.2) is 27.5 Å². The number of aromatic nitrogens is 2. The van der Waals surface area contributed by atoms with Crippen LogP contribution in [0.5, 0.6) is 0 Å². The number of hydrogen-bond donors (Lipinski definition) is 2. The van der Waals surface area contributed by atoms with Crippen molar-refractivity contribution in [2.75, 3.05) is 11.9 Å². The second kappa shape index (κ2) is 7.31. The molecule has 1 heterocycles. The number of aliphatic hydroxyl groups excluding tert-OH is 1. The molecule has 1 aromatic heterocycles. The first kappa shape index (κ1) is 19.1. The van der Waals surface area contributed by atoms with Crippen LogP contribution >= 0.6 is 34.8 Å². The Morgan fingerprint density at radius 3 is 2.50 bits per heavy atom. The van der Waals surface area contributed by atoms with Gasteiger partial charge >= 0.3 is 0 Å². The summed E-state index contributed by atoms with van der Waals surface area (Å²) in [5, 5.41) is 17.5. The molecule has 0 fully saturated rings. The molecule has 1 aromatic carbocycles. The Morgan fingerprint density at radius 2 is 1.92 bits per heavy atom. The van der Waals surface area contributed by atoms with E-state index in [1.54, 1.807) is 18.2 Å². The summed E-state index contributed by atoms with van der Waals surface area (Å²) in [5.74, 6) is 0. The topological polar surface area (TPSA) is 67.2 Å². The average Bonchev–Trinajstić information content (AvgIpc) is 2.50. The molecular weight excluding hydrogens is 373 g/mol. The number of anilines is 1. The molecule has 1 atom stereocenters. The summed E-state index contributed by atoms with van der Waals surface area (Å²) in [4.78, 5) is 12.1. The van der Waals surface area contributed by atoms with Gasteiger partial charge in [-0.15, -0.1) is 0 Å². The lowest BCUT2D eigenvalue weighted by atomic mass is 9.89. The van der Waals surface area contributed by atoms with Crippen LogP contribution in [0.2, 0.25) is 15.1 Å². The van der Waals surface area contributed by atoms with E-state index in [1.165, 1.54) is 6.20 Å². The van der Waals surface area contributed by atoms with Crippen LogP contribution in [0.3, 0.4) is 0 Å². The average molecular weight is 391 g/mol. The minimum absolute atomic E-state index is 0.0958. The lowest BCUT2D eigenvalue weighted by Crippen LogP contribution is -2.32. The van der Waals surface area contributed by atoms with Gasteiger partial charge in [0.2, 0.25) is 0 Å². The fourth-order valence-electron chi connectivity index (χ4n) is 1.89. The molecule has 2 aromatic rings. The summed E-state index contributed by atoms with van der Waals surface area (Å²) in [6.45, 7) is 6.21. The Bertz CT molecular complexity index is 800. The van der Waals surface area contributed by atoms with E-state index in [2.05, 4.69) is 10.4 Å². The molecular formula is C16H18Cl3N3O2. The van der Waals surface area contributed by atoms with Gasteiger partial charge in [-0.25, -0.2) is 0 Å². The number of nitrogens with zero attached hydrogens (tertiary/aromatic N) is 2. The van der Waals surface area contributed by atoms with Crippen molar-refractivity contribution in [1.82, 2.24) is 9.78 Å². The first-order valence-corrected chi connectivity index (χ1v) is 8.40. The SMILES string of the molecule is CC(C)(C)C(O)CNc1ccc(-n2ncc(Cl)c(Cl)c2=O)cc1Cl. The Morgan fingerprint density at radius 1 is 1.25 bits per heavy atom. The smallest absolute Gasteiger partial charge is 0.291 e. The monoisotopic (exact) mass is 389 g/mol. The third kappa shape index (κ3) is 4.22. The molecule has 5 nitrogen and oxygen atoms in total. The minimum atomic E-state index is -0.535. The Balaban J connectivity index is 2.25. The zero-order valence-electron chi connectivity index (χ0n) is 13.5. The highest BCUT2D eigenvalue weighted by atomic mass is 35.5. The van der Waals surface area contributed by atoms with E-state index in [0.29, 0.717) is 22.9 Å². The Hall–Kier alpha value is -1.27. The Kier molecular flexibility index (Phi) is 5.81. The van der Waals surface area contributed by atoms with Crippen molar-refractivity contribution in [2.24, 2.45) is 5.41 Å². The molecule has 0 aliphatic heterocycles. The molecule has 1 unspecified atom stereocenters. The van der Waals surface area contributed by atoms with Crippen molar-refractivity contribution in [3.63, 3.8) is 0 Å². The molecule has 0 saturated heterocycles. The van der Waals surface area contributed by atoms with Crippen LogP contribution in [0.1, 0.15) is 20.8 Å². The predicted molar refractivity (Wildman–Crippen MR) is 98.8 cm³/mol. The van der Waals surface area contributed by atoms with E-state index in [-0.39, 0.29) is 15.5 Å². The van der Waals surface area contributed by atoms with Crippen LogP contribution < -0.4 is 10.9 Å². The fraction of sp³-hybridized carbons (Fsp3) is 0.375. The molecule has 24 heavy (non-hydrogen) atoms. The second-order valence-electron chi connectivity index (χ2n) is 6.45. The van der Waals surface area contributed by atoms with E-state index >= 15 is 0 Å². The quantitative estimate of drug-likeness (QED) is 0.827. The number of hydrogen-bond acceptors (Lipinski definition) is 4. The molecule has 0 radical (unpaired) electrons. The lowest BCUT2D eigenvalue weighted by Gasteiger charge is -2.26. The van der Waals surface area contributed by atoms with Gasteiger partial charge in [-0.1, -0.05) is 55.6 Å². The summed E-state index contributed by atoms with van der Waals surface area (Å²) < 4.78 is 1.12. The van der Waals surface area contributed by atoms with Gasteiger partial charge in [-0.05, 0) is 23.6 Å². The number of halogens is 3. The highest BCUT2D eigenvalue weighted by Gasteiger charge is 2.22. The van der Waals surface area contributed by atoms with E-state index < -0.39 is 11.7 Å². The summed E-state index contributed by atoms with van der Waals surface area (Å²) >= 11 is 17.9. The van der Waals surface area contributed by atoms with Gasteiger partial charge in [0.15, 0.2) is 0 Å². The molecule has 0 aliphatic rings. The number of benzene rings is 1. The molecule has 0 saturated carbocycles. The maximum absolute atomic E-state index is 12.1. The predicted octanol–water partition coefficient (Wildman–Crippen LogP) is 4.01. The van der Waals surface area contributed by atoms with Gasteiger partial charge in [-0.2, -0.15) is 9.78 Å². The highest BCUT2D eigenvalue weighted by Crippen LogP contribution is 2.26. The highest BCUT2D eigenvalue weighted by molar-refractivity contribution is 6.41. The normalized spacial score (nSPS) is 13.0. The van der Waals surface area contributed by atoms with Crippen LogP contribution in [0.4, 0.5) is 5.69 Å². The summed E-state index contributed by atoms with van der Waals surface area (Å²) in [6.07, 6.45) is 0.762. The number of rotatable bonds is 4. The maximum atomic E-state index is 12.1. The standard InChI is InChI=1S/C16H18Cl3N3O2/c1-16(2,3)13(23)8-20-12-5-4-9(6-10(12)17)22-15(24)14(19)11(18)7-21-22/h4-7,13,20,23H,8H2,1-3H3. The largest absolute Gasteiger partial charge is 0.391 e. The van der Waals surface area contributed by atoms with Gasteiger partial charge < -0.3 is 10.4 Å². The van der Waals surface area contributed by atoms with Crippen molar-refractivity contribution in [2.45, 2.75) is 26.9 Å². The second-order valence-corrected chi connectivity index (χ2v) is 7.64. The first-order valence-electron chi connectivity index (χ1n) is 7.26. The fourth-order valence-corrected chi connectivity index (χ4v) is 2.38. The first-order chi connectivity index (χ1) is 11.1. The molecule has 0 amide bonds. The van der Waals surface area contributed by atoms with Crippen LogP contribution in [0.15, 0.2) is 29.2 Å². The van der Waals surface area contributed by atoms with Crippen LogP contribution in [-0.2, 0) is 0 Å². The lowest BCUT2D eigenvalue weighted by molar-refractivity contribution is 0.0746. The summed E-state index contributed by atoms with van der Waals surface area (Å²) in [5.41, 5.74) is 0.350. The third-order valence-electron chi connectivity index (χ3n) is 3.56. The van der Waals surface area contributed by atoms with Gasteiger partial charge in [0.05, 0.1) is 33.7 Å². The minimum Gasteiger partial charge on any atom is -0.391 e. The number of nitrogens with one attached hydrogen (secondary N) is 1. The van der Waals surface area contributed by atoms with E-state index in [1.807, 2.05) is 20.8 Å². The zero-order chi connectivity index (χ0) is 18.1. The molecule has 0 spiro atoms. The van der Waals surface area contributed by atoms with Crippen molar-refractivity contribution in [1.29, 1.82) is 0 Å². The van der Waals surface area contributed by atoms with Gasteiger partial charge in [0.1, 0.15) is 5.02 Å². The van der Waals surface area contributed by atoms with Gasteiger partial charge in [-0.3, -0.25) is 4.79 Å².